The fourth-order valence-electron chi connectivity index (χ4n) is 1.41. The Morgan fingerprint density at radius 3 is 2.82 bits per heavy atom. The number of nitrogens with one attached hydrogen (secondary N) is 1. The molecule has 1 N–H and O–H groups in total. The monoisotopic (exact) mass is 311 g/mol. The van der Waals surface area contributed by atoms with Gasteiger partial charge in [0.15, 0.2) is 0 Å². The first-order valence-corrected chi connectivity index (χ1v) is 6.32. The van der Waals surface area contributed by atoms with Crippen LogP contribution in [-0.2, 0) is 13.1 Å². The van der Waals surface area contributed by atoms with Gasteiger partial charge in [0, 0.05) is 28.8 Å². The van der Waals surface area contributed by atoms with E-state index < -0.39 is 0 Å². The maximum Gasteiger partial charge on any atom is 0.115 e. The van der Waals surface area contributed by atoms with Gasteiger partial charge in [0.2, 0.25) is 0 Å². The maximum atomic E-state index is 5.88. The molecule has 0 saturated heterocycles. The van der Waals surface area contributed by atoms with Gasteiger partial charge in [0.1, 0.15) is 6.33 Å². The largest absolute Gasteiger partial charge is 0.307 e. The van der Waals surface area contributed by atoms with Gasteiger partial charge in [-0.2, -0.15) is 0 Å². The summed E-state index contributed by atoms with van der Waals surface area (Å²) >= 11 is 9.36. The molecule has 2 rings (SSSR count). The summed E-state index contributed by atoms with van der Waals surface area (Å²) in [5.74, 6) is 0. The molecular formula is C12H11BrClN3. The highest BCUT2D eigenvalue weighted by atomic mass is 79.9. The topological polar surface area (TPSA) is 37.8 Å². The van der Waals surface area contributed by atoms with Crippen LogP contribution in [0.5, 0.6) is 0 Å². The fraction of sp³-hybridized carbons (Fsp3) is 0.167. The Hall–Kier alpha value is -0.970. The highest BCUT2D eigenvalue weighted by Crippen LogP contribution is 2.21. The number of aromatic nitrogens is 2. The van der Waals surface area contributed by atoms with Crippen LogP contribution in [0.15, 0.2) is 41.3 Å². The second kappa shape index (κ2) is 6.10. The molecule has 1 heterocycles. The van der Waals surface area contributed by atoms with Gasteiger partial charge in [-0.1, -0.05) is 33.6 Å². The highest BCUT2D eigenvalue weighted by molar-refractivity contribution is 9.10. The molecule has 0 saturated carbocycles. The summed E-state index contributed by atoms with van der Waals surface area (Å²) in [5, 5.41) is 4.05. The zero-order valence-electron chi connectivity index (χ0n) is 9.03. The quantitative estimate of drug-likeness (QED) is 0.942. The molecule has 3 nitrogen and oxygen atoms in total. The van der Waals surface area contributed by atoms with Crippen LogP contribution in [0.1, 0.15) is 11.3 Å². The van der Waals surface area contributed by atoms with Crippen molar-refractivity contribution >= 4 is 27.5 Å². The van der Waals surface area contributed by atoms with Crippen LogP contribution in [0.25, 0.3) is 0 Å². The van der Waals surface area contributed by atoms with Crippen LogP contribution in [0.4, 0.5) is 0 Å². The third kappa shape index (κ3) is 3.77. The first kappa shape index (κ1) is 12.5. The van der Waals surface area contributed by atoms with E-state index in [1.807, 2.05) is 24.3 Å². The Labute approximate surface area is 113 Å². The van der Waals surface area contributed by atoms with Crippen LogP contribution >= 0.6 is 27.5 Å². The van der Waals surface area contributed by atoms with Crippen LogP contribution in [0.3, 0.4) is 0 Å². The molecule has 2 aromatic rings. The fourth-order valence-corrected chi connectivity index (χ4v) is 2.24. The molecule has 0 atom stereocenters. The average molecular weight is 313 g/mol. The summed E-state index contributed by atoms with van der Waals surface area (Å²) in [6, 6.07) is 7.67. The summed E-state index contributed by atoms with van der Waals surface area (Å²) in [6.07, 6.45) is 3.29. The van der Waals surface area contributed by atoms with E-state index in [9.17, 15) is 0 Å². The summed E-state index contributed by atoms with van der Waals surface area (Å²) in [5.41, 5.74) is 2.15. The normalized spacial score (nSPS) is 10.5. The molecule has 0 fully saturated rings. The number of hydrogen-bond acceptors (Lipinski definition) is 3. The number of nitrogens with zero attached hydrogens (tertiary/aromatic N) is 2. The second-order valence-electron chi connectivity index (χ2n) is 3.54. The minimum Gasteiger partial charge on any atom is -0.307 e. The van der Waals surface area contributed by atoms with Crippen molar-refractivity contribution in [1.82, 2.24) is 15.3 Å². The number of rotatable bonds is 4. The predicted octanol–water partition coefficient (Wildman–Crippen LogP) is 3.18. The average Bonchev–Trinajstić information content (AvgIpc) is 2.33. The number of halogens is 2. The Morgan fingerprint density at radius 2 is 2.12 bits per heavy atom. The molecule has 0 spiro atoms. The van der Waals surface area contributed by atoms with Gasteiger partial charge >= 0.3 is 0 Å². The predicted molar refractivity (Wildman–Crippen MR) is 71.7 cm³/mol. The van der Waals surface area contributed by atoms with Crippen molar-refractivity contribution < 1.29 is 0 Å². The standard InChI is InChI=1S/C12H11BrClN3/c13-12-5-10(14)2-1-9(12)6-16-7-11-3-4-15-8-17-11/h1-5,8,16H,6-7H2. The molecule has 1 aromatic heterocycles. The smallest absolute Gasteiger partial charge is 0.115 e. The van der Waals surface area contributed by atoms with Crippen LogP contribution in [-0.4, -0.2) is 9.97 Å². The lowest BCUT2D eigenvalue weighted by Crippen LogP contribution is -2.13. The summed E-state index contributed by atoms with van der Waals surface area (Å²) in [4.78, 5) is 8.01. The summed E-state index contributed by atoms with van der Waals surface area (Å²) in [7, 11) is 0. The van der Waals surface area contributed by atoms with E-state index in [1.54, 1.807) is 12.5 Å². The van der Waals surface area contributed by atoms with Crippen molar-refractivity contribution in [3.05, 3.63) is 57.5 Å². The van der Waals surface area contributed by atoms with Gasteiger partial charge in [0.25, 0.3) is 0 Å². The van der Waals surface area contributed by atoms with Crippen molar-refractivity contribution in [3.63, 3.8) is 0 Å². The summed E-state index contributed by atoms with van der Waals surface area (Å²) in [6.45, 7) is 1.49. The number of benzene rings is 1. The minimum absolute atomic E-state index is 0.720. The summed E-state index contributed by atoms with van der Waals surface area (Å²) < 4.78 is 1.01. The van der Waals surface area contributed by atoms with Crippen molar-refractivity contribution in [2.45, 2.75) is 13.1 Å². The Morgan fingerprint density at radius 1 is 1.24 bits per heavy atom. The molecule has 5 heteroatoms. The molecule has 0 bridgehead atoms. The van der Waals surface area contributed by atoms with Crippen LogP contribution < -0.4 is 5.32 Å². The van der Waals surface area contributed by atoms with Gasteiger partial charge < -0.3 is 5.32 Å². The third-order valence-corrected chi connectivity index (χ3v) is 3.25. The first-order chi connectivity index (χ1) is 8.25. The first-order valence-electron chi connectivity index (χ1n) is 5.15. The van der Waals surface area contributed by atoms with Gasteiger partial charge in [0.05, 0.1) is 5.69 Å². The van der Waals surface area contributed by atoms with E-state index >= 15 is 0 Å². The minimum atomic E-state index is 0.720. The lowest BCUT2D eigenvalue weighted by atomic mass is 10.2. The molecule has 0 aliphatic rings. The third-order valence-electron chi connectivity index (χ3n) is 2.28. The SMILES string of the molecule is Clc1ccc(CNCc2ccncn2)c(Br)c1. The van der Waals surface area contributed by atoms with E-state index in [1.165, 1.54) is 5.56 Å². The van der Waals surface area contributed by atoms with Crippen molar-refractivity contribution in [2.24, 2.45) is 0 Å². The van der Waals surface area contributed by atoms with Gasteiger partial charge in [-0.15, -0.1) is 0 Å². The molecule has 0 aliphatic carbocycles. The van der Waals surface area contributed by atoms with Crippen molar-refractivity contribution in [3.8, 4) is 0 Å². The lowest BCUT2D eigenvalue weighted by molar-refractivity contribution is 0.676. The second-order valence-corrected chi connectivity index (χ2v) is 4.83. The molecule has 0 unspecified atom stereocenters. The zero-order valence-corrected chi connectivity index (χ0v) is 11.4. The molecule has 17 heavy (non-hydrogen) atoms. The van der Waals surface area contributed by atoms with Crippen LogP contribution in [0.2, 0.25) is 5.02 Å². The molecule has 0 aliphatic heterocycles. The van der Waals surface area contributed by atoms with E-state index in [0.29, 0.717) is 0 Å². The van der Waals surface area contributed by atoms with Gasteiger partial charge in [-0.05, 0) is 23.8 Å². The van der Waals surface area contributed by atoms with Gasteiger partial charge in [-0.3, -0.25) is 0 Å². The molecule has 1 aromatic carbocycles. The Kier molecular flexibility index (Phi) is 4.48. The van der Waals surface area contributed by atoms with E-state index in [-0.39, 0.29) is 0 Å². The van der Waals surface area contributed by atoms with Gasteiger partial charge in [-0.25, -0.2) is 9.97 Å². The zero-order chi connectivity index (χ0) is 12.1. The van der Waals surface area contributed by atoms with E-state index in [2.05, 4.69) is 31.2 Å². The Balaban J connectivity index is 1.90. The van der Waals surface area contributed by atoms with Crippen molar-refractivity contribution in [2.75, 3.05) is 0 Å². The molecule has 0 amide bonds. The lowest BCUT2D eigenvalue weighted by Gasteiger charge is -2.06. The van der Waals surface area contributed by atoms with Crippen molar-refractivity contribution in [1.29, 1.82) is 0 Å². The molecular weight excluding hydrogens is 302 g/mol. The molecule has 88 valence electrons. The maximum absolute atomic E-state index is 5.88. The highest BCUT2D eigenvalue weighted by Gasteiger charge is 2.00. The number of hydrogen-bond donors (Lipinski definition) is 1. The Bertz CT molecular complexity index is 490. The van der Waals surface area contributed by atoms with E-state index in [0.717, 1.165) is 28.3 Å². The van der Waals surface area contributed by atoms with E-state index in [4.69, 9.17) is 11.6 Å². The van der Waals surface area contributed by atoms with Crippen LogP contribution in [0, 0.1) is 0 Å². The molecule has 0 radical (unpaired) electrons.